The third-order valence-electron chi connectivity index (χ3n) is 4.03. The van der Waals surface area contributed by atoms with Gasteiger partial charge < -0.3 is 5.32 Å². The highest BCUT2D eigenvalue weighted by Gasteiger charge is 2.10. The van der Waals surface area contributed by atoms with Crippen LogP contribution in [0.2, 0.25) is 0 Å². The number of fused-ring (bicyclic) bond motifs is 1. The highest BCUT2D eigenvalue weighted by molar-refractivity contribution is 7.13. The number of carbonyl (C=O) groups is 1. The standard InChI is InChI=1S/C19H14N4O3S/c24-16(21-13-7-5-12(6-8-13)18-20-9-10-27-18)11-23-19(26)15-4-2-1-3-14(15)17(25)22-23/h1-10H,11H2,(H,21,24)(H,22,25). The molecular formula is C19H14N4O3S. The van der Waals surface area contributed by atoms with Crippen LogP contribution in [0, 0.1) is 0 Å². The molecule has 7 nitrogen and oxygen atoms in total. The average Bonchev–Trinajstić information content (AvgIpc) is 3.21. The summed E-state index contributed by atoms with van der Waals surface area (Å²) < 4.78 is 1.02. The van der Waals surface area contributed by atoms with Crippen molar-refractivity contribution in [2.24, 2.45) is 0 Å². The molecule has 1 amide bonds. The highest BCUT2D eigenvalue weighted by Crippen LogP contribution is 2.23. The maximum Gasteiger partial charge on any atom is 0.273 e. The molecule has 0 unspecified atom stereocenters. The van der Waals surface area contributed by atoms with Crippen LogP contribution < -0.4 is 16.4 Å². The maximum absolute atomic E-state index is 12.5. The number of nitrogens with one attached hydrogen (secondary N) is 2. The number of hydrogen-bond acceptors (Lipinski definition) is 5. The molecule has 0 spiro atoms. The topological polar surface area (TPSA) is 96.9 Å². The molecule has 0 aliphatic rings. The van der Waals surface area contributed by atoms with Crippen molar-refractivity contribution >= 4 is 33.7 Å². The normalized spacial score (nSPS) is 10.8. The van der Waals surface area contributed by atoms with Gasteiger partial charge in [-0.05, 0) is 36.4 Å². The van der Waals surface area contributed by atoms with Crippen molar-refractivity contribution < 1.29 is 4.79 Å². The Hall–Kier alpha value is -3.52. The van der Waals surface area contributed by atoms with Crippen LogP contribution in [-0.2, 0) is 11.3 Å². The van der Waals surface area contributed by atoms with E-state index in [-0.39, 0.29) is 11.9 Å². The Morgan fingerprint density at radius 1 is 1.07 bits per heavy atom. The fourth-order valence-corrected chi connectivity index (χ4v) is 3.41. The van der Waals surface area contributed by atoms with E-state index in [2.05, 4.69) is 15.4 Å². The lowest BCUT2D eigenvalue weighted by Crippen LogP contribution is -2.34. The van der Waals surface area contributed by atoms with Crippen LogP contribution in [-0.4, -0.2) is 20.7 Å². The molecular weight excluding hydrogens is 364 g/mol. The van der Waals surface area contributed by atoms with Gasteiger partial charge in [-0.3, -0.25) is 19.5 Å². The Morgan fingerprint density at radius 2 is 1.81 bits per heavy atom. The molecule has 2 aromatic heterocycles. The summed E-state index contributed by atoms with van der Waals surface area (Å²) in [4.78, 5) is 41.1. The summed E-state index contributed by atoms with van der Waals surface area (Å²) in [5.41, 5.74) is 0.722. The van der Waals surface area contributed by atoms with Crippen LogP contribution in [0.5, 0.6) is 0 Å². The van der Waals surface area contributed by atoms with E-state index in [9.17, 15) is 14.4 Å². The summed E-state index contributed by atoms with van der Waals surface area (Å²) in [5.74, 6) is -0.412. The quantitative estimate of drug-likeness (QED) is 0.570. The molecule has 0 atom stereocenters. The van der Waals surface area contributed by atoms with Gasteiger partial charge in [0.2, 0.25) is 5.91 Å². The summed E-state index contributed by atoms with van der Waals surface area (Å²) in [5, 5.41) is 8.54. The largest absolute Gasteiger partial charge is 0.324 e. The second-order valence-electron chi connectivity index (χ2n) is 5.84. The van der Waals surface area contributed by atoms with Crippen LogP contribution in [0.4, 0.5) is 5.69 Å². The van der Waals surface area contributed by atoms with Crippen molar-refractivity contribution in [2.75, 3.05) is 5.32 Å². The first-order valence-corrected chi connectivity index (χ1v) is 9.01. The number of aromatic nitrogens is 3. The summed E-state index contributed by atoms with van der Waals surface area (Å²) in [6.07, 6.45) is 1.73. The summed E-state index contributed by atoms with van der Waals surface area (Å²) in [6.45, 7) is -0.285. The minimum absolute atomic E-state index is 0.279. The van der Waals surface area contributed by atoms with E-state index in [0.29, 0.717) is 11.1 Å². The molecule has 0 saturated heterocycles. The molecule has 8 heteroatoms. The van der Waals surface area contributed by atoms with Gasteiger partial charge in [-0.15, -0.1) is 11.3 Å². The van der Waals surface area contributed by atoms with E-state index >= 15 is 0 Å². The lowest BCUT2D eigenvalue weighted by atomic mass is 10.2. The van der Waals surface area contributed by atoms with E-state index in [1.54, 1.807) is 42.6 Å². The molecule has 0 saturated carbocycles. The van der Waals surface area contributed by atoms with Gasteiger partial charge in [0, 0.05) is 22.8 Å². The van der Waals surface area contributed by atoms with Gasteiger partial charge in [0.25, 0.3) is 11.1 Å². The van der Waals surface area contributed by atoms with Crippen LogP contribution in [0.25, 0.3) is 21.3 Å². The molecule has 0 fully saturated rings. The molecule has 0 aliphatic carbocycles. The summed E-state index contributed by atoms with van der Waals surface area (Å²) in [7, 11) is 0. The predicted molar refractivity (Wildman–Crippen MR) is 105 cm³/mol. The van der Waals surface area contributed by atoms with Gasteiger partial charge in [-0.25, -0.2) is 9.67 Å². The van der Waals surface area contributed by atoms with E-state index in [1.165, 1.54) is 11.3 Å². The molecule has 27 heavy (non-hydrogen) atoms. The lowest BCUT2D eigenvalue weighted by molar-refractivity contribution is -0.117. The van der Waals surface area contributed by atoms with Crippen LogP contribution in [0.3, 0.4) is 0 Å². The van der Waals surface area contributed by atoms with Gasteiger partial charge in [-0.1, -0.05) is 12.1 Å². The monoisotopic (exact) mass is 378 g/mol. The van der Waals surface area contributed by atoms with Crippen molar-refractivity contribution in [3.8, 4) is 10.6 Å². The lowest BCUT2D eigenvalue weighted by Gasteiger charge is -2.08. The molecule has 2 N–H and O–H groups in total. The number of hydrogen-bond donors (Lipinski definition) is 2. The number of aromatic amines is 1. The van der Waals surface area contributed by atoms with Crippen molar-refractivity contribution in [3.05, 3.63) is 80.8 Å². The van der Waals surface area contributed by atoms with Crippen LogP contribution in [0.1, 0.15) is 0 Å². The van der Waals surface area contributed by atoms with E-state index < -0.39 is 17.0 Å². The molecule has 2 aromatic carbocycles. The number of amides is 1. The Bertz CT molecular complexity index is 1220. The van der Waals surface area contributed by atoms with Gasteiger partial charge in [0.15, 0.2) is 0 Å². The molecule has 2 heterocycles. The van der Waals surface area contributed by atoms with Gasteiger partial charge in [0.1, 0.15) is 11.6 Å². The Kier molecular flexibility index (Phi) is 4.39. The molecule has 0 bridgehead atoms. The van der Waals surface area contributed by atoms with E-state index in [4.69, 9.17) is 0 Å². The fraction of sp³-hybridized carbons (Fsp3) is 0.0526. The molecule has 4 aromatic rings. The minimum atomic E-state index is -0.417. The number of nitrogens with zero attached hydrogens (tertiary/aromatic N) is 2. The first-order valence-electron chi connectivity index (χ1n) is 8.13. The Labute approximate surface area is 156 Å². The van der Waals surface area contributed by atoms with Crippen molar-refractivity contribution in [2.45, 2.75) is 6.54 Å². The molecule has 134 valence electrons. The van der Waals surface area contributed by atoms with Crippen LogP contribution >= 0.6 is 11.3 Å². The average molecular weight is 378 g/mol. The highest BCUT2D eigenvalue weighted by atomic mass is 32.1. The third-order valence-corrected chi connectivity index (χ3v) is 4.86. The number of H-pyrrole nitrogens is 1. The first kappa shape index (κ1) is 16.9. The van der Waals surface area contributed by atoms with Crippen molar-refractivity contribution in [1.29, 1.82) is 0 Å². The Balaban J connectivity index is 1.53. The predicted octanol–water partition coefficient (Wildman–Crippen LogP) is 2.45. The minimum Gasteiger partial charge on any atom is -0.324 e. The number of benzene rings is 2. The zero-order valence-electron chi connectivity index (χ0n) is 14.0. The smallest absolute Gasteiger partial charge is 0.273 e. The summed E-state index contributed by atoms with van der Waals surface area (Å²) >= 11 is 1.53. The molecule has 4 rings (SSSR count). The molecule has 0 aliphatic heterocycles. The van der Waals surface area contributed by atoms with Gasteiger partial charge in [0.05, 0.1) is 10.8 Å². The zero-order valence-corrected chi connectivity index (χ0v) is 14.8. The van der Waals surface area contributed by atoms with Crippen LogP contribution in [0.15, 0.2) is 69.7 Å². The second-order valence-corrected chi connectivity index (χ2v) is 6.74. The zero-order chi connectivity index (χ0) is 18.8. The van der Waals surface area contributed by atoms with Crippen molar-refractivity contribution in [1.82, 2.24) is 14.8 Å². The number of rotatable bonds is 4. The summed E-state index contributed by atoms with van der Waals surface area (Å²) in [6, 6.07) is 13.8. The van der Waals surface area contributed by atoms with Crippen molar-refractivity contribution in [3.63, 3.8) is 0 Å². The van der Waals surface area contributed by atoms with E-state index in [1.807, 2.05) is 17.5 Å². The van der Waals surface area contributed by atoms with Gasteiger partial charge in [-0.2, -0.15) is 0 Å². The number of thiazole rings is 1. The number of anilines is 1. The first-order chi connectivity index (χ1) is 13.1. The SMILES string of the molecule is O=C(Cn1[nH]c(=O)c2ccccc2c1=O)Nc1ccc(-c2nccs2)cc1. The van der Waals surface area contributed by atoms with E-state index in [0.717, 1.165) is 15.3 Å². The number of carbonyl (C=O) groups excluding carboxylic acids is 1. The fourth-order valence-electron chi connectivity index (χ4n) is 2.76. The molecule has 0 radical (unpaired) electrons. The second kappa shape index (κ2) is 7.00. The Morgan fingerprint density at radius 3 is 2.52 bits per heavy atom. The maximum atomic E-state index is 12.5. The van der Waals surface area contributed by atoms with Gasteiger partial charge >= 0.3 is 0 Å². The third kappa shape index (κ3) is 3.42.